The predicted octanol–water partition coefficient (Wildman–Crippen LogP) is 1.67. The van der Waals surface area contributed by atoms with Crippen LogP contribution in [0, 0.1) is 11.3 Å². The van der Waals surface area contributed by atoms with E-state index in [1.54, 1.807) is 0 Å². The van der Waals surface area contributed by atoms with E-state index in [2.05, 4.69) is 4.74 Å². The van der Waals surface area contributed by atoms with Crippen LogP contribution in [0.15, 0.2) is 12.1 Å². The summed E-state index contributed by atoms with van der Waals surface area (Å²) in [5.74, 6) is -2.14. The molecule has 0 atom stereocenters. The summed E-state index contributed by atoms with van der Waals surface area (Å²) in [5.41, 5.74) is -1.28. The monoisotopic (exact) mass is 241 g/mol. The molecule has 0 bridgehead atoms. The molecule has 1 N–H and O–H groups in total. The fourth-order valence-corrected chi connectivity index (χ4v) is 1.18. The number of carbonyl (C=O) groups is 2. The summed E-state index contributed by atoms with van der Waals surface area (Å²) in [5, 5.41) is 17.5. The van der Waals surface area contributed by atoms with Crippen LogP contribution in [-0.4, -0.2) is 24.0 Å². The fourth-order valence-electron chi connectivity index (χ4n) is 1.18. The Morgan fingerprint density at radius 2 is 2.18 bits per heavy atom. The Balaban J connectivity index is 3.46. The van der Waals surface area contributed by atoms with Crippen LogP contribution < -0.4 is 4.74 Å². The molecule has 0 aliphatic carbocycles. The molecule has 17 heavy (non-hydrogen) atoms. The van der Waals surface area contributed by atoms with Crippen molar-refractivity contribution >= 4 is 12.3 Å². The largest absolute Gasteiger partial charge is 0.478 e. The highest BCUT2D eigenvalue weighted by Gasteiger charge is 2.19. The lowest BCUT2D eigenvalue weighted by atomic mass is 10.0. The number of ether oxygens (including phenoxy) is 1. The fraction of sp³-hybridized carbons (Fsp3) is 0.100. The molecule has 0 radical (unpaired) electrons. The molecule has 5 nitrogen and oxygen atoms in total. The van der Waals surface area contributed by atoms with Gasteiger partial charge >= 0.3 is 12.6 Å². The van der Waals surface area contributed by atoms with Crippen LogP contribution in [0.1, 0.15) is 26.3 Å². The second-order valence-corrected chi connectivity index (χ2v) is 2.85. The van der Waals surface area contributed by atoms with E-state index in [4.69, 9.17) is 10.4 Å². The van der Waals surface area contributed by atoms with Crippen LogP contribution in [0.4, 0.5) is 8.78 Å². The van der Waals surface area contributed by atoms with Gasteiger partial charge in [-0.15, -0.1) is 0 Å². The van der Waals surface area contributed by atoms with Gasteiger partial charge in [-0.3, -0.25) is 4.79 Å². The maximum absolute atomic E-state index is 12.0. The Morgan fingerprint density at radius 1 is 1.53 bits per heavy atom. The molecule has 7 heteroatoms. The van der Waals surface area contributed by atoms with Gasteiger partial charge in [0, 0.05) is 5.56 Å². The van der Waals surface area contributed by atoms with Gasteiger partial charge in [0.1, 0.15) is 23.7 Å². The minimum absolute atomic E-state index is 0.169. The van der Waals surface area contributed by atoms with Gasteiger partial charge in [0.15, 0.2) is 0 Å². The maximum atomic E-state index is 12.0. The lowest BCUT2D eigenvalue weighted by Crippen LogP contribution is -2.08. The van der Waals surface area contributed by atoms with Crippen LogP contribution in [-0.2, 0) is 0 Å². The normalized spacial score (nSPS) is 9.76. The van der Waals surface area contributed by atoms with Gasteiger partial charge in [-0.1, -0.05) is 0 Å². The van der Waals surface area contributed by atoms with Crippen molar-refractivity contribution in [1.29, 1.82) is 5.26 Å². The van der Waals surface area contributed by atoms with Gasteiger partial charge in [0.05, 0.1) is 5.56 Å². The van der Waals surface area contributed by atoms with Crippen LogP contribution in [0.25, 0.3) is 0 Å². The average Bonchev–Trinajstić information content (AvgIpc) is 2.26. The molecular formula is C10H5F2NO4. The number of benzene rings is 1. The molecule has 1 rings (SSSR count). The lowest BCUT2D eigenvalue weighted by Gasteiger charge is -2.09. The number of carbonyl (C=O) groups excluding carboxylic acids is 1. The number of hydrogen-bond acceptors (Lipinski definition) is 4. The van der Waals surface area contributed by atoms with Crippen molar-refractivity contribution in [2.75, 3.05) is 0 Å². The summed E-state index contributed by atoms with van der Waals surface area (Å²) in [7, 11) is 0. The van der Waals surface area contributed by atoms with Crippen LogP contribution in [0.5, 0.6) is 5.75 Å². The molecule has 0 aliphatic heterocycles. The van der Waals surface area contributed by atoms with Crippen molar-refractivity contribution in [1.82, 2.24) is 0 Å². The zero-order valence-corrected chi connectivity index (χ0v) is 8.18. The number of alkyl halides is 2. The first-order chi connectivity index (χ1) is 7.99. The van der Waals surface area contributed by atoms with Crippen molar-refractivity contribution in [3.8, 4) is 11.8 Å². The molecule has 1 aromatic carbocycles. The number of hydrogen-bond donors (Lipinski definition) is 1. The van der Waals surface area contributed by atoms with E-state index in [-0.39, 0.29) is 11.8 Å². The summed E-state index contributed by atoms with van der Waals surface area (Å²) < 4.78 is 28.1. The number of nitriles is 1. The van der Waals surface area contributed by atoms with E-state index in [1.807, 2.05) is 0 Å². The Kier molecular flexibility index (Phi) is 3.72. The lowest BCUT2D eigenvalue weighted by molar-refractivity contribution is -0.0501. The van der Waals surface area contributed by atoms with E-state index in [1.165, 1.54) is 6.07 Å². The van der Waals surface area contributed by atoms with Gasteiger partial charge in [0.2, 0.25) is 0 Å². The van der Waals surface area contributed by atoms with Gasteiger partial charge in [-0.05, 0) is 12.1 Å². The van der Waals surface area contributed by atoms with Crippen molar-refractivity contribution in [2.24, 2.45) is 0 Å². The molecule has 0 fully saturated rings. The quantitative estimate of drug-likeness (QED) is 0.810. The zero-order chi connectivity index (χ0) is 13.0. The van der Waals surface area contributed by atoms with Gasteiger partial charge in [-0.2, -0.15) is 14.0 Å². The topological polar surface area (TPSA) is 87.4 Å². The summed E-state index contributed by atoms with van der Waals surface area (Å²) >= 11 is 0. The SMILES string of the molecule is N#Cc1c(OC(F)F)cc(C=O)cc1C(=O)O. The second kappa shape index (κ2) is 5.03. The molecule has 88 valence electrons. The average molecular weight is 241 g/mol. The zero-order valence-electron chi connectivity index (χ0n) is 8.18. The first kappa shape index (κ1) is 12.6. The van der Waals surface area contributed by atoms with Crippen LogP contribution in [0.3, 0.4) is 0 Å². The molecule has 0 amide bonds. The highest BCUT2D eigenvalue weighted by molar-refractivity contribution is 5.94. The Morgan fingerprint density at radius 3 is 2.59 bits per heavy atom. The number of aromatic carboxylic acids is 1. The molecular weight excluding hydrogens is 236 g/mol. The van der Waals surface area contributed by atoms with Gasteiger partial charge in [0.25, 0.3) is 0 Å². The predicted molar refractivity (Wildman–Crippen MR) is 50.1 cm³/mol. The minimum Gasteiger partial charge on any atom is -0.478 e. The third kappa shape index (κ3) is 2.75. The van der Waals surface area contributed by atoms with Gasteiger partial charge in [-0.25, -0.2) is 4.79 Å². The molecule has 0 saturated carbocycles. The van der Waals surface area contributed by atoms with E-state index < -0.39 is 29.5 Å². The van der Waals surface area contributed by atoms with E-state index in [0.717, 1.165) is 12.1 Å². The van der Waals surface area contributed by atoms with Crippen molar-refractivity contribution < 1.29 is 28.2 Å². The van der Waals surface area contributed by atoms with Crippen LogP contribution >= 0.6 is 0 Å². The number of carboxylic acid groups (broad SMARTS) is 1. The first-order valence-electron chi connectivity index (χ1n) is 4.21. The molecule has 0 aromatic heterocycles. The van der Waals surface area contributed by atoms with Gasteiger partial charge < -0.3 is 9.84 Å². The third-order valence-corrected chi connectivity index (χ3v) is 1.82. The summed E-state index contributed by atoms with van der Waals surface area (Å²) in [6, 6.07) is 3.24. The van der Waals surface area contributed by atoms with Crippen LogP contribution in [0.2, 0.25) is 0 Å². The van der Waals surface area contributed by atoms with Crippen molar-refractivity contribution in [2.45, 2.75) is 6.61 Å². The van der Waals surface area contributed by atoms with E-state index in [0.29, 0.717) is 0 Å². The maximum Gasteiger partial charge on any atom is 0.387 e. The summed E-state index contributed by atoms with van der Waals surface area (Å²) in [4.78, 5) is 21.3. The van der Waals surface area contributed by atoms with E-state index in [9.17, 15) is 18.4 Å². The molecule has 0 aliphatic rings. The third-order valence-electron chi connectivity index (χ3n) is 1.82. The second-order valence-electron chi connectivity index (χ2n) is 2.85. The molecule has 0 spiro atoms. The summed E-state index contributed by atoms with van der Waals surface area (Å²) in [6.45, 7) is -3.22. The Labute approximate surface area is 93.8 Å². The molecule has 0 heterocycles. The number of carboxylic acids is 1. The molecule has 0 unspecified atom stereocenters. The molecule has 0 saturated heterocycles. The standard InChI is InChI=1S/C10H5F2NO4/c11-10(12)17-8-2-5(4-14)1-6(9(15)16)7(8)3-13/h1-2,4,10H,(H,15,16). The molecule has 1 aromatic rings. The first-order valence-corrected chi connectivity index (χ1v) is 4.21. The number of rotatable bonds is 4. The highest BCUT2D eigenvalue weighted by atomic mass is 19.3. The minimum atomic E-state index is -3.22. The number of aldehydes is 1. The van der Waals surface area contributed by atoms with Crippen molar-refractivity contribution in [3.63, 3.8) is 0 Å². The van der Waals surface area contributed by atoms with Crippen molar-refractivity contribution in [3.05, 3.63) is 28.8 Å². The summed E-state index contributed by atoms with van der Waals surface area (Å²) in [6.07, 6.45) is 0.270. The highest BCUT2D eigenvalue weighted by Crippen LogP contribution is 2.25. The smallest absolute Gasteiger partial charge is 0.387 e. The Hall–Kier alpha value is -2.49. The number of halogens is 2. The van der Waals surface area contributed by atoms with E-state index >= 15 is 0 Å². The Bertz CT molecular complexity index is 508. The number of nitrogens with zero attached hydrogens (tertiary/aromatic N) is 1.